The Hall–Kier alpha value is -1.99. The Morgan fingerprint density at radius 1 is 1.50 bits per heavy atom. The molecule has 1 amide bonds. The normalized spacial score (nSPS) is 9.69. The lowest BCUT2D eigenvalue weighted by Crippen LogP contribution is -1.99. The predicted octanol–water partition coefficient (Wildman–Crippen LogP) is 2.93. The number of hydrogen-bond acceptors (Lipinski definition) is 2. The predicted molar refractivity (Wildman–Crippen MR) is 63.1 cm³/mol. The van der Waals surface area contributed by atoms with E-state index >= 15 is 0 Å². The van der Waals surface area contributed by atoms with Crippen LogP contribution in [0.3, 0.4) is 0 Å². The molecule has 0 bridgehead atoms. The first-order valence-corrected chi connectivity index (χ1v) is 4.98. The second-order valence-electron chi connectivity index (χ2n) is 3.71. The van der Waals surface area contributed by atoms with E-state index in [0.717, 1.165) is 11.1 Å². The zero-order chi connectivity index (χ0) is 12.1. The van der Waals surface area contributed by atoms with Crippen LogP contribution in [0.2, 0.25) is 0 Å². The number of carbonyl (C=O) groups excluding carboxylic acids is 2. The molecule has 0 spiro atoms. The summed E-state index contributed by atoms with van der Waals surface area (Å²) in [5, 5.41) is 0. The zero-order valence-electron chi connectivity index (χ0n) is 9.36. The first-order chi connectivity index (χ1) is 7.60. The van der Waals surface area contributed by atoms with Gasteiger partial charge in [-0.1, -0.05) is 32.6 Å². The van der Waals surface area contributed by atoms with Crippen LogP contribution >= 0.6 is 0 Å². The molecule has 0 aliphatic carbocycles. The summed E-state index contributed by atoms with van der Waals surface area (Å²) in [4.78, 5) is 24.4. The van der Waals surface area contributed by atoms with E-state index in [0.29, 0.717) is 5.56 Å². The summed E-state index contributed by atoms with van der Waals surface area (Å²) < 4.78 is 0. The SMILES string of the molecule is C=Cc1ccc(C(=O)N=C=O)cc1C(C)C. The maximum absolute atomic E-state index is 11.4. The summed E-state index contributed by atoms with van der Waals surface area (Å²) in [6.45, 7) is 7.77. The fourth-order valence-corrected chi connectivity index (χ4v) is 1.50. The summed E-state index contributed by atoms with van der Waals surface area (Å²) in [5.74, 6) is -0.284. The highest BCUT2D eigenvalue weighted by atomic mass is 16.2. The van der Waals surface area contributed by atoms with Crippen LogP contribution in [-0.4, -0.2) is 12.0 Å². The van der Waals surface area contributed by atoms with Crippen molar-refractivity contribution in [2.75, 3.05) is 0 Å². The largest absolute Gasteiger partial charge is 0.287 e. The van der Waals surface area contributed by atoms with Gasteiger partial charge in [-0.15, -0.1) is 4.99 Å². The molecule has 82 valence electrons. The maximum atomic E-state index is 11.4. The smallest absolute Gasteiger partial charge is 0.266 e. The highest BCUT2D eigenvalue weighted by Gasteiger charge is 2.09. The minimum atomic E-state index is -0.562. The molecule has 0 radical (unpaired) electrons. The third-order valence-electron chi connectivity index (χ3n) is 2.32. The average molecular weight is 215 g/mol. The molecule has 16 heavy (non-hydrogen) atoms. The Balaban J connectivity index is 3.26. The van der Waals surface area contributed by atoms with Crippen molar-refractivity contribution in [1.29, 1.82) is 0 Å². The van der Waals surface area contributed by atoms with E-state index in [1.54, 1.807) is 24.3 Å². The summed E-state index contributed by atoms with van der Waals surface area (Å²) in [6.07, 6.45) is 2.99. The molecular weight excluding hydrogens is 202 g/mol. The van der Waals surface area contributed by atoms with Gasteiger partial charge in [-0.3, -0.25) is 4.79 Å². The molecular formula is C13H13NO2. The molecule has 0 fully saturated rings. The standard InChI is InChI=1S/C13H13NO2/c1-4-10-5-6-11(13(16)14-8-15)7-12(10)9(2)3/h4-7,9H,1H2,2-3H3. The highest BCUT2D eigenvalue weighted by molar-refractivity contribution is 5.97. The minimum Gasteiger partial charge on any atom is -0.266 e. The van der Waals surface area contributed by atoms with Crippen molar-refractivity contribution in [2.45, 2.75) is 19.8 Å². The number of aliphatic imine (C=N–C) groups is 1. The number of isocyanates is 1. The molecule has 1 rings (SSSR count). The second-order valence-corrected chi connectivity index (χ2v) is 3.71. The highest BCUT2D eigenvalue weighted by Crippen LogP contribution is 2.22. The van der Waals surface area contributed by atoms with Crippen LogP contribution in [0.1, 0.15) is 41.3 Å². The fraction of sp³-hybridized carbons (Fsp3) is 0.231. The van der Waals surface area contributed by atoms with Gasteiger partial charge >= 0.3 is 0 Å². The van der Waals surface area contributed by atoms with E-state index < -0.39 is 5.91 Å². The van der Waals surface area contributed by atoms with Gasteiger partial charge in [0.05, 0.1) is 0 Å². The van der Waals surface area contributed by atoms with Crippen molar-refractivity contribution < 1.29 is 9.59 Å². The molecule has 3 nitrogen and oxygen atoms in total. The first-order valence-electron chi connectivity index (χ1n) is 4.98. The van der Waals surface area contributed by atoms with Gasteiger partial charge < -0.3 is 0 Å². The van der Waals surface area contributed by atoms with E-state index in [4.69, 9.17) is 0 Å². The molecule has 0 aliphatic heterocycles. The molecule has 3 heteroatoms. The number of nitrogens with zero attached hydrogens (tertiary/aromatic N) is 1. The van der Waals surface area contributed by atoms with Crippen molar-refractivity contribution in [3.63, 3.8) is 0 Å². The monoisotopic (exact) mass is 215 g/mol. The Bertz CT molecular complexity index is 469. The van der Waals surface area contributed by atoms with E-state index in [2.05, 4.69) is 11.6 Å². The van der Waals surface area contributed by atoms with E-state index in [-0.39, 0.29) is 5.92 Å². The number of amides is 1. The molecule has 0 unspecified atom stereocenters. The van der Waals surface area contributed by atoms with Gasteiger partial charge in [0, 0.05) is 5.56 Å². The van der Waals surface area contributed by atoms with Crippen molar-refractivity contribution >= 4 is 18.1 Å². The zero-order valence-corrected chi connectivity index (χ0v) is 9.36. The summed E-state index contributed by atoms with van der Waals surface area (Å²) >= 11 is 0. The van der Waals surface area contributed by atoms with Crippen molar-refractivity contribution in [3.05, 3.63) is 41.5 Å². The van der Waals surface area contributed by atoms with E-state index in [1.165, 1.54) is 6.08 Å². The molecule has 0 saturated heterocycles. The van der Waals surface area contributed by atoms with Gasteiger partial charge in [0.25, 0.3) is 5.91 Å². The molecule has 0 heterocycles. The van der Waals surface area contributed by atoms with Crippen LogP contribution in [0.5, 0.6) is 0 Å². The average Bonchev–Trinajstić information content (AvgIpc) is 2.28. The van der Waals surface area contributed by atoms with Crippen LogP contribution in [0.15, 0.2) is 29.8 Å². The fourth-order valence-electron chi connectivity index (χ4n) is 1.50. The second kappa shape index (κ2) is 5.19. The summed E-state index contributed by atoms with van der Waals surface area (Å²) in [6, 6.07) is 5.17. The molecule has 0 aromatic heterocycles. The lowest BCUT2D eigenvalue weighted by Gasteiger charge is -2.10. The molecule has 0 atom stereocenters. The third-order valence-corrected chi connectivity index (χ3v) is 2.32. The first kappa shape index (κ1) is 12.1. The van der Waals surface area contributed by atoms with Crippen molar-refractivity contribution in [2.24, 2.45) is 4.99 Å². The van der Waals surface area contributed by atoms with E-state index in [9.17, 15) is 9.59 Å². The topological polar surface area (TPSA) is 46.5 Å². The van der Waals surface area contributed by atoms with Crippen LogP contribution in [0.25, 0.3) is 6.08 Å². The maximum Gasteiger partial charge on any atom is 0.287 e. The van der Waals surface area contributed by atoms with Crippen LogP contribution in [0, 0.1) is 0 Å². The Labute approximate surface area is 94.5 Å². The number of benzene rings is 1. The van der Waals surface area contributed by atoms with Crippen molar-refractivity contribution in [1.82, 2.24) is 0 Å². The summed E-state index contributed by atoms with van der Waals surface area (Å²) in [7, 11) is 0. The Morgan fingerprint density at radius 3 is 2.69 bits per heavy atom. The minimum absolute atomic E-state index is 0.279. The summed E-state index contributed by atoms with van der Waals surface area (Å²) in [5.41, 5.74) is 2.40. The molecule has 1 aromatic carbocycles. The molecule has 0 N–H and O–H groups in total. The molecule has 0 aliphatic rings. The van der Waals surface area contributed by atoms with Gasteiger partial charge in [0.15, 0.2) is 0 Å². The van der Waals surface area contributed by atoms with Gasteiger partial charge in [0.1, 0.15) is 0 Å². The number of carbonyl (C=O) groups is 1. The van der Waals surface area contributed by atoms with Crippen LogP contribution in [-0.2, 0) is 4.79 Å². The third kappa shape index (κ3) is 2.53. The van der Waals surface area contributed by atoms with Gasteiger partial charge in [0.2, 0.25) is 6.08 Å². The van der Waals surface area contributed by atoms with Crippen LogP contribution < -0.4 is 0 Å². The molecule has 1 aromatic rings. The van der Waals surface area contributed by atoms with Gasteiger partial charge in [-0.05, 0) is 29.2 Å². The molecule has 0 saturated carbocycles. The number of hydrogen-bond donors (Lipinski definition) is 0. The lowest BCUT2D eigenvalue weighted by atomic mass is 9.95. The van der Waals surface area contributed by atoms with Gasteiger partial charge in [-0.25, -0.2) is 4.79 Å². The quantitative estimate of drug-likeness (QED) is 0.575. The Morgan fingerprint density at radius 2 is 2.19 bits per heavy atom. The van der Waals surface area contributed by atoms with E-state index in [1.807, 2.05) is 13.8 Å². The van der Waals surface area contributed by atoms with Crippen LogP contribution in [0.4, 0.5) is 0 Å². The van der Waals surface area contributed by atoms with Gasteiger partial charge in [-0.2, -0.15) is 0 Å². The number of rotatable bonds is 3. The lowest BCUT2D eigenvalue weighted by molar-refractivity contribution is 0.100. The van der Waals surface area contributed by atoms with Crippen molar-refractivity contribution in [3.8, 4) is 0 Å². The Kier molecular flexibility index (Phi) is 3.92.